The molecule has 0 aromatic heterocycles. The molecule has 2 rings (SSSR count). The van der Waals surface area contributed by atoms with Gasteiger partial charge in [0.1, 0.15) is 0 Å². The summed E-state index contributed by atoms with van der Waals surface area (Å²) < 4.78 is 76.2. The molecule has 0 bridgehead atoms. The highest BCUT2D eigenvalue weighted by Gasteiger charge is 2.33. The first-order chi connectivity index (χ1) is 10.00. The lowest BCUT2D eigenvalue weighted by Crippen LogP contribution is -2.08. The average Bonchev–Trinajstić information content (AvgIpc) is 2.35. The molecule has 0 saturated carbocycles. The van der Waals surface area contributed by atoms with Crippen LogP contribution in [0.2, 0.25) is 0 Å². The fourth-order valence-electron chi connectivity index (χ4n) is 2.32. The summed E-state index contributed by atoms with van der Waals surface area (Å²) >= 11 is 0. The van der Waals surface area contributed by atoms with E-state index in [0.717, 1.165) is 12.1 Å². The Morgan fingerprint density at radius 1 is 0.591 bits per heavy atom. The number of rotatable bonds is 1. The van der Waals surface area contributed by atoms with Crippen molar-refractivity contribution >= 4 is 0 Å². The van der Waals surface area contributed by atoms with Crippen LogP contribution in [0.25, 0.3) is 11.1 Å². The van der Waals surface area contributed by atoms with E-state index in [1.54, 1.807) is 0 Å². The second kappa shape index (κ2) is 5.34. The molecule has 0 heterocycles. The minimum absolute atomic E-state index is 0.0301. The van der Waals surface area contributed by atoms with Gasteiger partial charge in [-0.25, -0.2) is 0 Å². The van der Waals surface area contributed by atoms with Crippen LogP contribution >= 0.6 is 0 Å². The van der Waals surface area contributed by atoms with E-state index < -0.39 is 23.5 Å². The van der Waals surface area contributed by atoms with Crippen LogP contribution in [0, 0.1) is 13.8 Å². The summed E-state index contributed by atoms with van der Waals surface area (Å²) in [5, 5.41) is 0. The van der Waals surface area contributed by atoms with E-state index in [4.69, 9.17) is 0 Å². The molecule has 0 fully saturated rings. The van der Waals surface area contributed by atoms with Crippen LogP contribution in [-0.4, -0.2) is 0 Å². The largest absolute Gasteiger partial charge is 0.416 e. The molecule has 0 saturated heterocycles. The lowest BCUT2D eigenvalue weighted by Gasteiger charge is -2.14. The third kappa shape index (κ3) is 3.26. The minimum Gasteiger partial charge on any atom is -0.166 e. The zero-order chi connectivity index (χ0) is 16.7. The van der Waals surface area contributed by atoms with E-state index in [9.17, 15) is 26.3 Å². The second-order valence-corrected chi connectivity index (χ2v) is 5.05. The zero-order valence-corrected chi connectivity index (χ0v) is 11.7. The normalized spacial score (nSPS) is 12.5. The van der Waals surface area contributed by atoms with Gasteiger partial charge in [-0.15, -0.1) is 0 Å². The van der Waals surface area contributed by atoms with Gasteiger partial charge in [0.05, 0.1) is 11.1 Å². The lowest BCUT2D eigenvalue weighted by molar-refractivity contribution is -0.138. The number of benzene rings is 2. The molecule has 22 heavy (non-hydrogen) atoms. The maximum Gasteiger partial charge on any atom is 0.416 e. The van der Waals surface area contributed by atoms with Crippen molar-refractivity contribution in [3.8, 4) is 11.1 Å². The maximum absolute atomic E-state index is 12.7. The van der Waals surface area contributed by atoms with Gasteiger partial charge in [0.2, 0.25) is 0 Å². The van der Waals surface area contributed by atoms with Crippen molar-refractivity contribution in [3.63, 3.8) is 0 Å². The fourth-order valence-corrected chi connectivity index (χ4v) is 2.32. The van der Waals surface area contributed by atoms with E-state index >= 15 is 0 Å². The molecule has 2 aromatic carbocycles. The molecule has 0 N–H and O–H groups in total. The fraction of sp³-hybridized carbons (Fsp3) is 0.250. The van der Waals surface area contributed by atoms with Gasteiger partial charge in [-0.2, -0.15) is 26.3 Å². The molecule has 0 radical (unpaired) electrons. The van der Waals surface area contributed by atoms with Crippen molar-refractivity contribution in [3.05, 3.63) is 58.7 Å². The highest BCUT2D eigenvalue weighted by molar-refractivity contribution is 5.66. The SMILES string of the molecule is Cc1cc(-c2ccc(C(F)(F)F)c(C)c2)ccc1C(F)(F)F. The quantitative estimate of drug-likeness (QED) is 0.565. The standard InChI is InChI=1S/C16H12F6/c1-9-7-11(3-5-13(9)15(17,18)19)12-4-6-14(10(2)8-12)16(20,21)22/h3-8H,1-2H3. The van der Waals surface area contributed by atoms with Crippen molar-refractivity contribution in [2.45, 2.75) is 26.2 Å². The number of hydrogen-bond donors (Lipinski definition) is 0. The van der Waals surface area contributed by atoms with Gasteiger partial charge in [-0.3, -0.25) is 0 Å². The van der Waals surface area contributed by atoms with Crippen LogP contribution in [0.1, 0.15) is 22.3 Å². The Labute approximate surface area is 123 Å². The first-order valence-electron chi connectivity index (χ1n) is 6.36. The Hall–Kier alpha value is -1.98. The number of aryl methyl sites for hydroxylation is 2. The molecule has 0 spiro atoms. The lowest BCUT2D eigenvalue weighted by atomic mass is 9.96. The Balaban J connectivity index is 2.46. The van der Waals surface area contributed by atoms with E-state index in [1.807, 2.05) is 0 Å². The van der Waals surface area contributed by atoms with E-state index in [1.165, 1.54) is 38.1 Å². The van der Waals surface area contributed by atoms with Gasteiger partial charge in [0.15, 0.2) is 0 Å². The summed E-state index contributed by atoms with van der Waals surface area (Å²) in [5.74, 6) is 0. The van der Waals surface area contributed by atoms with E-state index in [0.29, 0.717) is 11.1 Å². The Morgan fingerprint density at radius 3 is 1.14 bits per heavy atom. The molecule has 0 aliphatic heterocycles. The summed E-state index contributed by atoms with van der Waals surface area (Å²) in [7, 11) is 0. The van der Waals surface area contributed by atoms with Gasteiger partial charge in [0.25, 0.3) is 0 Å². The van der Waals surface area contributed by atoms with Crippen LogP contribution in [0.5, 0.6) is 0 Å². The number of halogens is 6. The first kappa shape index (κ1) is 16.4. The Morgan fingerprint density at radius 2 is 0.909 bits per heavy atom. The third-order valence-corrected chi connectivity index (χ3v) is 3.40. The highest BCUT2D eigenvalue weighted by atomic mass is 19.4. The summed E-state index contributed by atoms with van der Waals surface area (Å²) in [6.45, 7) is 2.65. The third-order valence-electron chi connectivity index (χ3n) is 3.40. The molecule has 0 aliphatic carbocycles. The molecule has 0 atom stereocenters. The average molecular weight is 318 g/mol. The first-order valence-corrected chi connectivity index (χ1v) is 6.36. The van der Waals surface area contributed by atoms with E-state index in [-0.39, 0.29) is 11.1 Å². The van der Waals surface area contributed by atoms with Crippen LogP contribution < -0.4 is 0 Å². The maximum atomic E-state index is 12.7. The van der Waals surface area contributed by atoms with Gasteiger partial charge in [0, 0.05) is 0 Å². The zero-order valence-electron chi connectivity index (χ0n) is 11.7. The second-order valence-electron chi connectivity index (χ2n) is 5.05. The predicted molar refractivity (Wildman–Crippen MR) is 71.4 cm³/mol. The molecule has 0 amide bonds. The Kier molecular flexibility index (Phi) is 3.98. The van der Waals surface area contributed by atoms with Crippen molar-refractivity contribution in [2.24, 2.45) is 0 Å². The monoisotopic (exact) mass is 318 g/mol. The topological polar surface area (TPSA) is 0 Å². The molecule has 118 valence electrons. The van der Waals surface area contributed by atoms with Crippen molar-refractivity contribution in [1.29, 1.82) is 0 Å². The van der Waals surface area contributed by atoms with Gasteiger partial charge in [-0.1, -0.05) is 24.3 Å². The van der Waals surface area contributed by atoms with Crippen molar-refractivity contribution in [2.75, 3.05) is 0 Å². The van der Waals surface area contributed by atoms with Crippen LogP contribution in [0.15, 0.2) is 36.4 Å². The molecule has 0 aliphatic rings. The molecule has 2 aromatic rings. The summed E-state index contributed by atoms with van der Waals surface area (Å²) in [5.41, 5.74) is -0.547. The van der Waals surface area contributed by atoms with Crippen LogP contribution in [-0.2, 0) is 12.4 Å². The molecule has 0 nitrogen and oxygen atoms in total. The van der Waals surface area contributed by atoms with Crippen LogP contribution in [0.3, 0.4) is 0 Å². The van der Waals surface area contributed by atoms with Crippen LogP contribution in [0.4, 0.5) is 26.3 Å². The molecular weight excluding hydrogens is 306 g/mol. The predicted octanol–water partition coefficient (Wildman–Crippen LogP) is 6.01. The summed E-state index contributed by atoms with van der Waals surface area (Å²) in [4.78, 5) is 0. The highest BCUT2D eigenvalue weighted by Crippen LogP contribution is 2.36. The molecule has 6 heteroatoms. The van der Waals surface area contributed by atoms with Crippen molar-refractivity contribution in [1.82, 2.24) is 0 Å². The molecular formula is C16H12F6. The van der Waals surface area contributed by atoms with E-state index in [2.05, 4.69) is 0 Å². The van der Waals surface area contributed by atoms with Crippen molar-refractivity contribution < 1.29 is 26.3 Å². The summed E-state index contributed by atoms with van der Waals surface area (Å²) in [6, 6.07) is 7.06. The number of hydrogen-bond acceptors (Lipinski definition) is 0. The Bertz CT molecular complexity index is 633. The summed E-state index contributed by atoms with van der Waals surface area (Å²) in [6.07, 6.45) is -8.89. The van der Waals surface area contributed by atoms with Gasteiger partial charge in [-0.05, 0) is 48.2 Å². The number of alkyl halides is 6. The molecule has 0 unspecified atom stereocenters. The van der Waals surface area contributed by atoms with Gasteiger partial charge < -0.3 is 0 Å². The smallest absolute Gasteiger partial charge is 0.166 e. The van der Waals surface area contributed by atoms with Gasteiger partial charge >= 0.3 is 12.4 Å². The minimum atomic E-state index is -4.45.